The molecule has 3 atom stereocenters. The van der Waals surface area contributed by atoms with Crippen LogP contribution < -0.4 is 41.4 Å². The first-order chi connectivity index (χ1) is 37.1. The lowest BCUT2D eigenvalue weighted by Crippen LogP contribution is -2.36. The molecule has 6 rings (SSSR count). The average Bonchev–Trinajstić information content (AvgIpc) is 4.19. The van der Waals surface area contributed by atoms with Gasteiger partial charge in [-0.2, -0.15) is 16.9 Å². The number of nitrogens with zero attached hydrogens (tertiary/aromatic N) is 1. The molecule has 0 bridgehead atoms. The van der Waals surface area contributed by atoms with E-state index in [-0.39, 0.29) is 48.7 Å². The molecule has 76 heavy (non-hydrogen) atoms. The highest BCUT2D eigenvalue weighted by Gasteiger charge is 2.42. The third kappa shape index (κ3) is 22.8. The summed E-state index contributed by atoms with van der Waals surface area (Å²) in [6.07, 6.45) is 11.2. The van der Waals surface area contributed by atoms with Gasteiger partial charge in [0.1, 0.15) is 6.61 Å². The minimum absolute atomic E-state index is 0.0624. The maximum atomic E-state index is 12.2. The molecule has 5 amide bonds. The van der Waals surface area contributed by atoms with Gasteiger partial charge < -0.3 is 65.1 Å². The van der Waals surface area contributed by atoms with E-state index in [0.717, 1.165) is 71.2 Å². The Hall–Kier alpha value is -5.12. The van der Waals surface area contributed by atoms with Crippen LogP contribution in [0, 0.1) is 12.8 Å². The molecular formula is C56H88N8O11S. The molecule has 0 radical (unpaired) electrons. The van der Waals surface area contributed by atoms with E-state index >= 15 is 0 Å². The predicted octanol–water partition coefficient (Wildman–Crippen LogP) is 7.36. The van der Waals surface area contributed by atoms with Crippen LogP contribution in [0.3, 0.4) is 0 Å². The molecule has 424 valence electrons. The number of nitrogens with one attached hydrogen (secondary N) is 7. The number of aryl methyl sites for hydroxylation is 1. The van der Waals surface area contributed by atoms with E-state index in [1.165, 1.54) is 31.2 Å². The number of rotatable bonds is 39. The summed E-state index contributed by atoms with van der Waals surface area (Å²) in [7, 11) is 1.62. The summed E-state index contributed by atoms with van der Waals surface area (Å²) in [6.45, 7) is 14.9. The fourth-order valence-corrected chi connectivity index (χ4v) is 10.7. The third-order valence-electron chi connectivity index (χ3n) is 13.1. The van der Waals surface area contributed by atoms with E-state index in [2.05, 4.69) is 81.9 Å². The maximum absolute atomic E-state index is 12.2. The van der Waals surface area contributed by atoms with Gasteiger partial charge in [-0.1, -0.05) is 65.0 Å². The van der Waals surface area contributed by atoms with Crippen LogP contribution in [0.1, 0.15) is 115 Å². The molecule has 0 saturated carbocycles. The Morgan fingerprint density at radius 1 is 0.724 bits per heavy atom. The van der Waals surface area contributed by atoms with Crippen molar-refractivity contribution in [2.45, 2.75) is 128 Å². The van der Waals surface area contributed by atoms with E-state index in [9.17, 15) is 19.2 Å². The minimum Gasteiger partial charge on any atom is -0.493 e. The quantitative estimate of drug-likeness (QED) is 0.0171. The lowest BCUT2D eigenvalue weighted by atomic mass is 10.0. The van der Waals surface area contributed by atoms with E-state index in [1.54, 1.807) is 7.11 Å². The van der Waals surface area contributed by atoms with Gasteiger partial charge in [-0.3, -0.25) is 19.5 Å². The standard InChI is InChI=1S/C48H70N8O11S.C8H18/c1-33-8-5-9-35(28-33)52-47-37-29-34-30-40(39(61-2)31-36(34)45(37)55-56-47)67-27-26-66-25-22-64-19-16-51-44(59)13-12-43(58)50-15-7-18-63-21-24-65-23-20-62-17-6-14-49-42(57)11-4-3-10-41-46-38(32-68-41)53-48(60)54-46;1-4-6-8(3)7-5-2/h5,8-9,28,30-31,38,41,46H,3-4,6-7,10-27,29,32H2,1-2H3,(H,49,57)(H,50,58)(H,51,59)(H2,52,55,56)(H2,53,54,60);8H,4-7H2,1-3H3/t38-,41-,46-;/m0./s1. The molecule has 7 N–H and O–H groups in total. The number of amides is 5. The highest BCUT2D eigenvalue weighted by atomic mass is 32.2. The van der Waals surface area contributed by atoms with E-state index in [4.69, 9.17) is 33.2 Å². The Bertz CT molecular complexity index is 2180. The SMILES string of the molecule is CCCC(C)CCC.COc1cc2c(cc1OCCOCCOCCNC(=O)CCC(=O)NCCCOCCOCCOCCCNC(=O)CCCC[C@@H]1SC[C@@H]3NC(=O)N[C@@H]31)Cc1c(Nc3cccc(C)c3)n[nH]c1-2. The van der Waals surface area contributed by atoms with Crippen LogP contribution >= 0.6 is 11.8 Å². The van der Waals surface area contributed by atoms with Crippen LogP contribution in [0.25, 0.3) is 11.3 Å². The maximum Gasteiger partial charge on any atom is 0.315 e. The number of fused-ring (bicyclic) bond motifs is 4. The Labute approximate surface area is 455 Å². The summed E-state index contributed by atoms with van der Waals surface area (Å²) in [4.78, 5) is 47.9. The number of hydrogen-bond donors (Lipinski definition) is 7. The van der Waals surface area contributed by atoms with Gasteiger partial charge in [-0.25, -0.2) is 4.79 Å². The van der Waals surface area contributed by atoms with Crippen LogP contribution in [0.5, 0.6) is 11.5 Å². The van der Waals surface area contributed by atoms with Crippen molar-refractivity contribution in [1.29, 1.82) is 0 Å². The molecule has 2 aromatic carbocycles. The van der Waals surface area contributed by atoms with Crippen LogP contribution in [0.15, 0.2) is 36.4 Å². The van der Waals surface area contributed by atoms with Gasteiger partial charge in [-0.15, -0.1) is 0 Å². The Balaban J connectivity index is 0.00000123. The number of unbranched alkanes of at least 4 members (excludes halogenated alkanes) is 1. The number of hydrogen-bond acceptors (Lipinski definition) is 14. The zero-order chi connectivity index (χ0) is 54.2. The van der Waals surface area contributed by atoms with Gasteiger partial charge in [0.25, 0.3) is 0 Å². The molecule has 1 aromatic heterocycles. The van der Waals surface area contributed by atoms with Gasteiger partial charge in [0.15, 0.2) is 17.3 Å². The topological polar surface area (TPSA) is 234 Å². The molecule has 0 unspecified atom stereocenters. The number of methoxy groups -OCH3 is 1. The minimum atomic E-state index is -0.211. The monoisotopic (exact) mass is 1080 g/mol. The number of aromatic nitrogens is 2. The molecule has 3 aliphatic rings. The second kappa shape index (κ2) is 36.1. The van der Waals surface area contributed by atoms with Crippen molar-refractivity contribution in [1.82, 2.24) is 36.8 Å². The molecule has 2 saturated heterocycles. The van der Waals surface area contributed by atoms with Gasteiger partial charge in [-0.05, 0) is 73.9 Å². The number of urea groups is 1. The summed E-state index contributed by atoms with van der Waals surface area (Å²) >= 11 is 1.90. The third-order valence-corrected chi connectivity index (χ3v) is 14.7. The molecule has 3 heterocycles. The molecule has 2 fully saturated rings. The predicted molar refractivity (Wildman–Crippen MR) is 298 cm³/mol. The highest BCUT2D eigenvalue weighted by molar-refractivity contribution is 8.00. The van der Waals surface area contributed by atoms with Crippen molar-refractivity contribution >= 4 is 47.0 Å². The van der Waals surface area contributed by atoms with Crippen LogP contribution in [0.2, 0.25) is 0 Å². The molecule has 0 spiro atoms. The van der Waals surface area contributed by atoms with Crippen molar-refractivity contribution in [2.75, 3.05) is 110 Å². The summed E-state index contributed by atoms with van der Waals surface area (Å²) in [6, 6.07) is 12.6. The van der Waals surface area contributed by atoms with Crippen molar-refractivity contribution in [3.05, 3.63) is 53.1 Å². The summed E-state index contributed by atoms with van der Waals surface area (Å²) in [5.41, 5.74) is 6.41. The highest BCUT2D eigenvalue weighted by Crippen LogP contribution is 2.44. The number of anilines is 2. The normalized spacial score (nSPS) is 16.0. The molecule has 2 aliphatic heterocycles. The van der Waals surface area contributed by atoms with E-state index in [1.807, 2.05) is 36.0 Å². The fraction of sp³-hybridized carbons (Fsp3) is 0.661. The smallest absolute Gasteiger partial charge is 0.315 e. The zero-order valence-corrected chi connectivity index (χ0v) is 46.7. The number of carbonyl (C=O) groups excluding carboxylic acids is 4. The first-order valence-corrected chi connectivity index (χ1v) is 28.8. The van der Waals surface area contributed by atoms with Gasteiger partial charge in [0, 0.05) is 86.3 Å². The van der Waals surface area contributed by atoms with Crippen LogP contribution in [-0.4, -0.2) is 156 Å². The summed E-state index contributed by atoms with van der Waals surface area (Å²) < 4.78 is 39.6. The molecule has 1 aliphatic carbocycles. The first-order valence-electron chi connectivity index (χ1n) is 27.7. The van der Waals surface area contributed by atoms with Crippen molar-refractivity contribution < 1.29 is 52.3 Å². The van der Waals surface area contributed by atoms with Crippen molar-refractivity contribution in [3.8, 4) is 22.8 Å². The zero-order valence-electron chi connectivity index (χ0n) is 45.9. The van der Waals surface area contributed by atoms with Gasteiger partial charge in [0.2, 0.25) is 17.7 Å². The average molecular weight is 1080 g/mol. The van der Waals surface area contributed by atoms with Crippen molar-refractivity contribution in [3.63, 3.8) is 0 Å². The molecular weight excluding hydrogens is 993 g/mol. The van der Waals surface area contributed by atoms with Crippen molar-refractivity contribution in [2.24, 2.45) is 5.92 Å². The second-order valence-electron chi connectivity index (χ2n) is 19.5. The van der Waals surface area contributed by atoms with Crippen LogP contribution in [0.4, 0.5) is 16.3 Å². The Morgan fingerprint density at radius 3 is 1.99 bits per heavy atom. The van der Waals surface area contributed by atoms with Gasteiger partial charge in [0.05, 0.1) is 77.7 Å². The number of benzene rings is 2. The molecule has 19 nitrogen and oxygen atoms in total. The van der Waals surface area contributed by atoms with E-state index in [0.29, 0.717) is 128 Å². The Morgan fingerprint density at radius 2 is 1.34 bits per heavy atom. The summed E-state index contributed by atoms with van der Waals surface area (Å²) in [5, 5.41) is 26.1. The number of ether oxygens (including phenoxy) is 7. The summed E-state index contributed by atoms with van der Waals surface area (Å²) in [5.74, 6) is 3.67. The Kier molecular flexibility index (Phi) is 29.3. The number of thioether (sulfide) groups is 1. The number of H-pyrrole nitrogens is 1. The van der Waals surface area contributed by atoms with Gasteiger partial charge >= 0.3 is 6.03 Å². The number of aromatic amines is 1. The molecule has 3 aromatic rings. The largest absolute Gasteiger partial charge is 0.493 e. The second-order valence-corrected chi connectivity index (χ2v) is 20.7. The number of carbonyl (C=O) groups is 4. The lowest BCUT2D eigenvalue weighted by molar-refractivity contribution is -0.126. The van der Waals surface area contributed by atoms with Crippen LogP contribution in [-0.2, 0) is 44.5 Å². The lowest BCUT2D eigenvalue weighted by Gasteiger charge is -2.16. The van der Waals surface area contributed by atoms with E-state index < -0.39 is 0 Å². The fourth-order valence-electron chi connectivity index (χ4n) is 9.20. The molecule has 20 heteroatoms. The first kappa shape index (κ1) is 61.7.